The number of nitrogens with zero attached hydrogens (tertiary/aromatic N) is 1. The number of hydrogen-bond acceptors (Lipinski definition) is 5. The van der Waals surface area contributed by atoms with Gasteiger partial charge in [-0.2, -0.15) is 0 Å². The number of amides is 2. The SMILES string of the molecule is COc1ccc([N+](=O)[O-])c(C(=O)Nc2cccc(C(=O)NC(C)C)c2)c1. The zero-order valence-electron chi connectivity index (χ0n) is 14.6. The van der Waals surface area contributed by atoms with Crippen molar-refractivity contribution in [3.8, 4) is 5.75 Å². The third kappa shape index (κ3) is 4.56. The first-order valence-electron chi connectivity index (χ1n) is 7.86. The van der Waals surface area contributed by atoms with Crippen LogP contribution in [0.4, 0.5) is 11.4 Å². The molecule has 2 aromatic rings. The van der Waals surface area contributed by atoms with E-state index in [2.05, 4.69) is 10.6 Å². The highest BCUT2D eigenvalue weighted by molar-refractivity contribution is 6.08. The molecule has 0 aliphatic rings. The second-order valence-corrected chi connectivity index (χ2v) is 5.80. The lowest BCUT2D eigenvalue weighted by Crippen LogP contribution is -2.30. The number of carbonyl (C=O) groups is 2. The van der Waals surface area contributed by atoms with Gasteiger partial charge in [0.05, 0.1) is 12.0 Å². The highest BCUT2D eigenvalue weighted by Crippen LogP contribution is 2.25. The molecule has 0 spiro atoms. The Hall–Kier alpha value is -3.42. The van der Waals surface area contributed by atoms with E-state index in [0.29, 0.717) is 17.0 Å². The second-order valence-electron chi connectivity index (χ2n) is 5.80. The molecule has 0 saturated carbocycles. The first-order chi connectivity index (χ1) is 12.3. The van der Waals surface area contributed by atoms with E-state index in [4.69, 9.17) is 4.74 Å². The van der Waals surface area contributed by atoms with Crippen LogP contribution in [0, 0.1) is 10.1 Å². The van der Waals surface area contributed by atoms with Crippen LogP contribution in [0.15, 0.2) is 42.5 Å². The van der Waals surface area contributed by atoms with Crippen LogP contribution in [0.3, 0.4) is 0 Å². The van der Waals surface area contributed by atoms with Gasteiger partial charge in [-0.3, -0.25) is 19.7 Å². The predicted molar refractivity (Wildman–Crippen MR) is 96.6 cm³/mol. The molecule has 0 atom stereocenters. The maximum atomic E-state index is 12.5. The molecule has 0 fully saturated rings. The standard InChI is InChI=1S/C18H19N3O5/c1-11(2)19-17(22)12-5-4-6-13(9-12)20-18(23)15-10-14(26-3)7-8-16(15)21(24)25/h4-11H,1-3H3,(H,19,22)(H,20,23). The second kappa shape index (κ2) is 8.11. The average Bonchev–Trinajstić information content (AvgIpc) is 2.60. The smallest absolute Gasteiger partial charge is 0.282 e. The fourth-order valence-corrected chi connectivity index (χ4v) is 2.27. The molecule has 0 aliphatic heterocycles. The molecule has 0 bridgehead atoms. The summed E-state index contributed by atoms with van der Waals surface area (Å²) < 4.78 is 5.02. The van der Waals surface area contributed by atoms with Gasteiger partial charge < -0.3 is 15.4 Å². The van der Waals surface area contributed by atoms with Crippen LogP contribution < -0.4 is 15.4 Å². The van der Waals surface area contributed by atoms with Crippen molar-refractivity contribution < 1.29 is 19.2 Å². The fraction of sp³-hybridized carbons (Fsp3) is 0.222. The Kier molecular flexibility index (Phi) is 5.90. The van der Waals surface area contributed by atoms with Crippen molar-refractivity contribution in [3.63, 3.8) is 0 Å². The van der Waals surface area contributed by atoms with Crippen LogP contribution in [-0.4, -0.2) is 29.9 Å². The molecule has 0 aliphatic carbocycles. The Morgan fingerprint density at radius 1 is 1.12 bits per heavy atom. The van der Waals surface area contributed by atoms with Crippen LogP contribution in [0.5, 0.6) is 5.75 Å². The highest BCUT2D eigenvalue weighted by atomic mass is 16.6. The van der Waals surface area contributed by atoms with Gasteiger partial charge in [0.2, 0.25) is 0 Å². The van der Waals surface area contributed by atoms with Crippen molar-refractivity contribution in [3.05, 3.63) is 63.7 Å². The lowest BCUT2D eigenvalue weighted by molar-refractivity contribution is -0.385. The summed E-state index contributed by atoms with van der Waals surface area (Å²) in [5, 5.41) is 16.5. The summed E-state index contributed by atoms with van der Waals surface area (Å²) in [5.74, 6) is -0.619. The minimum atomic E-state index is -0.669. The Labute approximate surface area is 150 Å². The molecule has 0 unspecified atom stereocenters. The number of rotatable bonds is 6. The molecule has 2 N–H and O–H groups in total. The lowest BCUT2D eigenvalue weighted by Gasteiger charge is -2.11. The maximum Gasteiger partial charge on any atom is 0.282 e. The van der Waals surface area contributed by atoms with Crippen LogP contribution in [0.1, 0.15) is 34.6 Å². The number of benzene rings is 2. The molecular weight excluding hydrogens is 338 g/mol. The molecule has 2 rings (SSSR count). The van der Waals surface area contributed by atoms with Gasteiger partial charge >= 0.3 is 0 Å². The average molecular weight is 357 g/mol. The van der Waals surface area contributed by atoms with Crippen molar-refractivity contribution in [2.24, 2.45) is 0 Å². The zero-order chi connectivity index (χ0) is 19.3. The number of ether oxygens (including phenoxy) is 1. The molecule has 8 nitrogen and oxygen atoms in total. The van der Waals surface area contributed by atoms with Gasteiger partial charge in [-0.1, -0.05) is 6.07 Å². The quantitative estimate of drug-likeness (QED) is 0.610. The highest BCUT2D eigenvalue weighted by Gasteiger charge is 2.21. The molecule has 2 amide bonds. The van der Waals surface area contributed by atoms with Gasteiger partial charge in [0.25, 0.3) is 17.5 Å². The van der Waals surface area contributed by atoms with Gasteiger partial charge in [-0.15, -0.1) is 0 Å². The minimum absolute atomic E-state index is 0.0276. The summed E-state index contributed by atoms with van der Waals surface area (Å²) in [6, 6.07) is 10.2. The Balaban J connectivity index is 2.28. The molecule has 0 radical (unpaired) electrons. The lowest BCUT2D eigenvalue weighted by atomic mass is 10.1. The van der Waals surface area contributed by atoms with E-state index in [0.717, 1.165) is 0 Å². The topological polar surface area (TPSA) is 111 Å². The summed E-state index contributed by atoms with van der Waals surface area (Å²) in [5.41, 5.74) is 0.253. The van der Waals surface area contributed by atoms with E-state index in [-0.39, 0.29) is 23.2 Å². The van der Waals surface area contributed by atoms with Crippen LogP contribution >= 0.6 is 0 Å². The van der Waals surface area contributed by atoms with Gasteiger partial charge in [-0.05, 0) is 44.2 Å². The zero-order valence-corrected chi connectivity index (χ0v) is 14.6. The number of nitro groups is 1. The maximum absolute atomic E-state index is 12.5. The van der Waals surface area contributed by atoms with E-state index in [1.807, 2.05) is 13.8 Å². The first kappa shape index (κ1) is 18.9. The van der Waals surface area contributed by atoms with E-state index in [1.54, 1.807) is 18.2 Å². The van der Waals surface area contributed by atoms with E-state index in [1.165, 1.54) is 31.4 Å². The Bertz CT molecular complexity index is 848. The fourth-order valence-electron chi connectivity index (χ4n) is 2.27. The van der Waals surface area contributed by atoms with Gasteiger partial charge in [-0.25, -0.2) is 0 Å². The van der Waals surface area contributed by atoms with Crippen molar-refractivity contribution in [1.82, 2.24) is 5.32 Å². The van der Waals surface area contributed by atoms with E-state index >= 15 is 0 Å². The van der Waals surface area contributed by atoms with E-state index < -0.39 is 10.8 Å². The molecule has 0 saturated heterocycles. The van der Waals surface area contributed by atoms with Crippen molar-refractivity contribution in [1.29, 1.82) is 0 Å². The third-order valence-electron chi connectivity index (χ3n) is 3.45. The van der Waals surface area contributed by atoms with Crippen molar-refractivity contribution in [2.45, 2.75) is 19.9 Å². The molecule has 26 heavy (non-hydrogen) atoms. The summed E-state index contributed by atoms with van der Waals surface area (Å²) in [7, 11) is 1.40. The number of anilines is 1. The summed E-state index contributed by atoms with van der Waals surface area (Å²) >= 11 is 0. The first-order valence-corrected chi connectivity index (χ1v) is 7.86. The number of carbonyl (C=O) groups excluding carboxylic acids is 2. The monoisotopic (exact) mass is 357 g/mol. The van der Waals surface area contributed by atoms with Crippen LogP contribution in [-0.2, 0) is 0 Å². The Morgan fingerprint density at radius 2 is 1.85 bits per heavy atom. The van der Waals surface area contributed by atoms with Crippen molar-refractivity contribution >= 4 is 23.2 Å². The molecular formula is C18H19N3O5. The third-order valence-corrected chi connectivity index (χ3v) is 3.45. The number of hydrogen-bond donors (Lipinski definition) is 2. The van der Waals surface area contributed by atoms with Crippen LogP contribution in [0.25, 0.3) is 0 Å². The number of nitro benzene ring substituents is 1. The van der Waals surface area contributed by atoms with E-state index in [9.17, 15) is 19.7 Å². The predicted octanol–water partition coefficient (Wildman–Crippen LogP) is 2.99. The minimum Gasteiger partial charge on any atom is -0.497 e. The Morgan fingerprint density at radius 3 is 2.46 bits per heavy atom. The molecule has 8 heteroatoms. The largest absolute Gasteiger partial charge is 0.497 e. The van der Waals surface area contributed by atoms with Crippen LogP contribution in [0.2, 0.25) is 0 Å². The molecule has 0 aromatic heterocycles. The van der Waals surface area contributed by atoms with Gasteiger partial charge in [0.1, 0.15) is 11.3 Å². The molecule has 136 valence electrons. The van der Waals surface area contributed by atoms with Gasteiger partial charge in [0.15, 0.2) is 0 Å². The number of methoxy groups -OCH3 is 1. The number of nitrogens with one attached hydrogen (secondary N) is 2. The molecule has 2 aromatic carbocycles. The molecule has 0 heterocycles. The normalized spacial score (nSPS) is 10.3. The summed E-state index contributed by atoms with van der Waals surface area (Å²) in [6.45, 7) is 3.68. The van der Waals surface area contributed by atoms with Crippen molar-refractivity contribution in [2.75, 3.05) is 12.4 Å². The summed E-state index contributed by atoms with van der Waals surface area (Å²) in [6.07, 6.45) is 0. The van der Waals surface area contributed by atoms with Gasteiger partial charge in [0, 0.05) is 23.4 Å². The summed E-state index contributed by atoms with van der Waals surface area (Å²) in [4.78, 5) is 35.1.